The molecule has 0 aliphatic carbocycles. The van der Waals surface area contributed by atoms with E-state index in [0.717, 1.165) is 6.42 Å². The molecule has 1 aromatic carbocycles. The molecule has 0 heterocycles. The van der Waals surface area contributed by atoms with Crippen LogP contribution in [0.25, 0.3) is 6.08 Å². The molecule has 0 amide bonds. The molecule has 0 spiro atoms. The van der Waals surface area contributed by atoms with Gasteiger partial charge in [0.2, 0.25) is 0 Å². The fourth-order valence-electron chi connectivity index (χ4n) is 1.15. The molecule has 0 saturated carbocycles. The van der Waals surface area contributed by atoms with Crippen LogP contribution in [0.1, 0.15) is 18.9 Å². The van der Waals surface area contributed by atoms with E-state index in [-0.39, 0.29) is 6.61 Å². The van der Waals surface area contributed by atoms with Crippen LogP contribution in [-0.4, -0.2) is 11.7 Å². The minimum Gasteiger partial charge on any atom is -0.396 e. The van der Waals surface area contributed by atoms with E-state index in [1.54, 1.807) is 0 Å². The van der Waals surface area contributed by atoms with Gasteiger partial charge in [0, 0.05) is 10.2 Å². The minimum absolute atomic E-state index is 0.262. The van der Waals surface area contributed by atoms with Gasteiger partial charge in [0.25, 0.3) is 0 Å². The highest BCUT2D eigenvalue weighted by Gasteiger charge is 1.94. The SMILES string of the molecule is C[C@@H](/C=C/c1ccc(I)cc1)CCO. The van der Waals surface area contributed by atoms with Gasteiger partial charge in [-0.15, -0.1) is 0 Å². The van der Waals surface area contributed by atoms with Crippen LogP contribution in [0.15, 0.2) is 30.3 Å². The van der Waals surface area contributed by atoms with E-state index < -0.39 is 0 Å². The maximum absolute atomic E-state index is 8.74. The normalized spacial score (nSPS) is 13.4. The summed E-state index contributed by atoms with van der Waals surface area (Å²) >= 11 is 2.29. The first-order valence-corrected chi connectivity index (χ1v) is 5.85. The molecular weight excluding hydrogens is 287 g/mol. The maximum Gasteiger partial charge on any atom is 0.0436 e. The fraction of sp³-hybridized carbons (Fsp3) is 0.333. The molecule has 0 saturated heterocycles. The molecule has 2 heteroatoms. The van der Waals surface area contributed by atoms with E-state index >= 15 is 0 Å². The number of hydrogen-bond acceptors (Lipinski definition) is 1. The van der Waals surface area contributed by atoms with Crippen LogP contribution in [-0.2, 0) is 0 Å². The lowest BCUT2D eigenvalue weighted by Gasteiger charge is -2.01. The van der Waals surface area contributed by atoms with Gasteiger partial charge in [0.15, 0.2) is 0 Å². The van der Waals surface area contributed by atoms with Crippen molar-refractivity contribution in [2.75, 3.05) is 6.61 Å². The molecule has 76 valence electrons. The van der Waals surface area contributed by atoms with E-state index in [1.807, 2.05) is 0 Å². The summed E-state index contributed by atoms with van der Waals surface area (Å²) in [6.07, 6.45) is 5.08. The Balaban J connectivity index is 2.55. The second-order valence-corrected chi connectivity index (χ2v) is 4.65. The Kier molecular flexibility index (Phi) is 5.19. The van der Waals surface area contributed by atoms with Crippen molar-refractivity contribution in [2.45, 2.75) is 13.3 Å². The molecule has 1 aromatic rings. The average Bonchev–Trinajstić information content (AvgIpc) is 2.17. The topological polar surface area (TPSA) is 20.2 Å². The number of halogens is 1. The minimum atomic E-state index is 0.262. The summed E-state index contributed by atoms with van der Waals surface area (Å²) < 4.78 is 1.25. The Morgan fingerprint density at radius 2 is 2.00 bits per heavy atom. The summed E-state index contributed by atoms with van der Waals surface area (Å²) in [7, 11) is 0. The van der Waals surface area contributed by atoms with Crippen LogP contribution in [0.3, 0.4) is 0 Å². The lowest BCUT2D eigenvalue weighted by Crippen LogP contribution is -1.92. The predicted molar refractivity (Wildman–Crippen MR) is 69.1 cm³/mol. The van der Waals surface area contributed by atoms with Crippen molar-refractivity contribution in [1.29, 1.82) is 0 Å². The molecule has 0 aliphatic rings. The smallest absolute Gasteiger partial charge is 0.0436 e. The number of rotatable bonds is 4. The maximum atomic E-state index is 8.74. The van der Waals surface area contributed by atoms with Gasteiger partial charge in [-0.1, -0.05) is 31.2 Å². The van der Waals surface area contributed by atoms with Crippen molar-refractivity contribution in [3.63, 3.8) is 0 Å². The Bertz CT molecular complexity index is 290. The van der Waals surface area contributed by atoms with Gasteiger partial charge in [-0.3, -0.25) is 0 Å². The van der Waals surface area contributed by atoms with Crippen molar-refractivity contribution in [2.24, 2.45) is 5.92 Å². The van der Waals surface area contributed by atoms with Gasteiger partial charge in [0.05, 0.1) is 0 Å². The van der Waals surface area contributed by atoms with Crippen LogP contribution < -0.4 is 0 Å². The molecule has 1 rings (SSSR count). The van der Waals surface area contributed by atoms with E-state index in [9.17, 15) is 0 Å². The van der Waals surface area contributed by atoms with Gasteiger partial charge < -0.3 is 5.11 Å². The van der Waals surface area contributed by atoms with Crippen molar-refractivity contribution >= 4 is 28.7 Å². The molecule has 14 heavy (non-hydrogen) atoms. The molecule has 0 aromatic heterocycles. The summed E-state index contributed by atoms with van der Waals surface area (Å²) in [6.45, 7) is 2.37. The zero-order chi connectivity index (χ0) is 10.4. The highest BCUT2D eigenvalue weighted by Crippen LogP contribution is 2.10. The van der Waals surface area contributed by atoms with Crippen molar-refractivity contribution < 1.29 is 5.11 Å². The van der Waals surface area contributed by atoms with Gasteiger partial charge >= 0.3 is 0 Å². The summed E-state index contributed by atoms with van der Waals surface area (Å²) in [6, 6.07) is 8.39. The third-order valence-corrected chi connectivity index (χ3v) is 2.79. The van der Waals surface area contributed by atoms with Gasteiger partial charge in [-0.25, -0.2) is 0 Å². The number of hydrogen-bond donors (Lipinski definition) is 1. The van der Waals surface area contributed by atoms with Crippen molar-refractivity contribution in [3.8, 4) is 0 Å². The van der Waals surface area contributed by atoms with Crippen molar-refractivity contribution in [3.05, 3.63) is 39.5 Å². The molecule has 1 atom stereocenters. The highest BCUT2D eigenvalue weighted by atomic mass is 127. The molecule has 0 unspecified atom stereocenters. The van der Waals surface area contributed by atoms with Crippen LogP contribution >= 0.6 is 22.6 Å². The van der Waals surface area contributed by atoms with Crippen LogP contribution in [0.4, 0.5) is 0 Å². The Labute approximate surface area is 99.0 Å². The molecular formula is C12H15IO. The first-order chi connectivity index (χ1) is 6.72. The summed E-state index contributed by atoms with van der Waals surface area (Å²) in [5, 5.41) is 8.74. The standard InChI is InChI=1S/C12H15IO/c1-10(8-9-14)2-3-11-4-6-12(13)7-5-11/h2-7,10,14H,8-9H2,1H3/b3-2+/t10-/m0/s1. The number of benzene rings is 1. The number of aliphatic hydroxyl groups is 1. The van der Waals surface area contributed by atoms with E-state index in [2.05, 4.69) is 65.9 Å². The highest BCUT2D eigenvalue weighted by molar-refractivity contribution is 14.1. The number of aliphatic hydroxyl groups excluding tert-OH is 1. The molecule has 0 radical (unpaired) electrons. The average molecular weight is 302 g/mol. The second-order valence-electron chi connectivity index (χ2n) is 3.40. The first kappa shape index (κ1) is 11.7. The van der Waals surface area contributed by atoms with E-state index in [4.69, 9.17) is 5.11 Å². The molecule has 0 fully saturated rings. The second kappa shape index (κ2) is 6.19. The van der Waals surface area contributed by atoms with Crippen LogP contribution in [0.2, 0.25) is 0 Å². The molecule has 1 N–H and O–H groups in total. The van der Waals surface area contributed by atoms with Gasteiger partial charge in [-0.05, 0) is 52.6 Å². The lowest BCUT2D eigenvalue weighted by molar-refractivity contribution is 0.274. The quantitative estimate of drug-likeness (QED) is 0.846. The fourth-order valence-corrected chi connectivity index (χ4v) is 1.51. The van der Waals surface area contributed by atoms with Gasteiger partial charge in [0.1, 0.15) is 0 Å². The third-order valence-electron chi connectivity index (χ3n) is 2.07. The largest absolute Gasteiger partial charge is 0.396 e. The molecule has 0 bridgehead atoms. The monoisotopic (exact) mass is 302 g/mol. The van der Waals surface area contributed by atoms with Crippen LogP contribution in [0.5, 0.6) is 0 Å². The Morgan fingerprint density at radius 1 is 1.36 bits per heavy atom. The summed E-state index contributed by atoms with van der Waals surface area (Å²) in [5.41, 5.74) is 1.22. The van der Waals surface area contributed by atoms with E-state index in [0.29, 0.717) is 5.92 Å². The zero-order valence-corrected chi connectivity index (χ0v) is 10.4. The first-order valence-electron chi connectivity index (χ1n) is 4.77. The number of allylic oxidation sites excluding steroid dienone is 1. The van der Waals surface area contributed by atoms with Crippen molar-refractivity contribution in [1.82, 2.24) is 0 Å². The third kappa shape index (κ3) is 4.24. The Morgan fingerprint density at radius 3 is 2.57 bits per heavy atom. The summed E-state index contributed by atoms with van der Waals surface area (Å²) in [5.74, 6) is 0.444. The lowest BCUT2D eigenvalue weighted by atomic mass is 10.1. The molecule has 1 nitrogen and oxygen atoms in total. The van der Waals surface area contributed by atoms with Crippen LogP contribution in [0, 0.1) is 9.49 Å². The summed E-state index contributed by atoms with van der Waals surface area (Å²) in [4.78, 5) is 0. The predicted octanol–water partition coefficient (Wildman–Crippen LogP) is 3.32. The molecule has 0 aliphatic heterocycles. The van der Waals surface area contributed by atoms with Gasteiger partial charge in [-0.2, -0.15) is 0 Å². The van der Waals surface area contributed by atoms with E-state index in [1.165, 1.54) is 9.13 Å². The Hall–Kier alpha value is -0.350. The zero-order valence-electron chi connectivity index (χ0n) is 8.28.